The highest BCUT2D eigenvalue weighted by Gasteiger charge is 2.11. The van der Waals surface area contributed by atoms with Crippen LogP contribution in [-0.2, 0) is 12.8 Å². The van der Waals surface area contributed by atoms with E-state index >= 15 is 0 Å². The fourth-order valence-corrected chi connectivity index (χ4v) is 3.86. The van der Waals surface area contributed by atoms with Crippen molar-refractivity contribution in [2.75, 3.05) is 4.72 Å². The van der Waals surface area contributed by atoms with E-state index in [0.29, 0.717) is 5.92 Å². The van der Waals surface area contributed by atoms with E-state index in [-0.39, 0.29) is 0 Å². The molecule has 0 atom stereocenters. The minimum atomic E-state index is 0.441. The molecule has 0 bridgehead atoms. The third-order valence-electron chi connectivity index (χ3n) is 3.51. The Balaban J connectivity index is 1.65. The predicted molar refractivity (Wildman–Crippen MR) is 86.6 cm³/mol. The number of nitrogens with one attached hydrogen (secondary N) is 1. The molecule has 1 aromatic carbocycles. The summed E-state index contributed by atoms with van der Waals surface area (Å²) < 4.78 is 3.30. The molecule has 0 saturated carbocycles. The lowest BCUT2D eigenvalue weighted by Crippen LogP contribution is -2.02. The zero-order chi connectivity index (χ0) is 13.9. The molecule has 2 aromatic rings. The molecule has 1 aliphatic rings. The molecule has 5 heteroatoms. The molecule has 0 aliphatic heterocycles. The van der Waals surface area contributed by atoms with Crippen molar-refractivity contribution in [3.8, 4) is 0 Å². The molecule has 0 amide bonds. The average molecular weight is 305 g/mol. The summed E-state index contributed by atoms with van der Waals surface area (Å²) in [5.74, 6) is 0.441. The van der Waals surface area contributed by atoms with Crippen LogP contribution in [0.3, 0.4) is 0 Å². The van der Waals surface area contributed by atoms with E-state index in [1.165, 1.54) is 41.7 Å². The zero-order valence-corrected chi connectivity index (χ0v) is 13.5. The van der Waals surface area contributed by atoms with Gasteiger partial charge < -0.3 is 4.72 Å². The number of fused-ring (bicyclic) bond motifs is 1. The summed E-state index contributed by atoms with van der Waals surface area (Å²) in [7, 11) is 0. The molecule has 0 fully saturated rings. The molecule has 0 unspecified atom stereocenters. The van der Waals surface area contributed by atoms with Crippen LogP contribution in [0.4, 0.5) is 5.13 Å². The number of aryl methyl sites for hydroxylation is 2. The van der Waals surface area contributed by atoms with E-state index in [0.717, 1.165) is 10.1 Å². The highest BCUT2D eigenvalue weighted by molar-refractivity contribution is 8.00. The number of nitrogens with zero attached hydrogens (tertiary/aromatic N) is 2. The normalized spacial score (nSPS) is 14.3. The first kappa shape index (κ1) is 13.9. The van der Waals surface area contributed by atoms with E-state index in [2.05, 4.69) is 47.0 Å². The van der Waals surface area contributed by atoms with Crippen LogP contribution in [0.15, 0.2) is 23.1 Å². The fourth-order valence-electron chi connectivity index (χ4n) is 2.39. The summed E-state index contributed by atoms with van der Waals surface area (Å²) in [6.45, 7) is 4.28. The topological polar surface area (TPSA) is 37.8 Å². The second kappa shape index (κ2) is 6.14. The van der Waals surface area contributed by atoms with Gasteiger partial charge in [0, 0.05) is 10.8 Å². The van der Waals surface area contributed by atoms with Gasteiger partial charge in [-0.05, 0) is 60.9 Å². The number of hydrogen-bond acceptors (Lipinski definition) is 5. The smallest absolute Gasteiger partial charge is 0.215 e. The van der Waals surface area contributed by atoms with Gasteiger partial charge in [-0.15, -0.1) is 10.2 Å². The number of rotatable bonds is 4. The third-order valence-corrected chi connectivity index (χ3v) is 5.56. The van der Waals surface area contributed by atoms with Crippen molar-refractivity contribution in [3.63, 3.8) is 0 Å². The Morgan fingerprint density at radius 2 is 1.95 bits per heavy atom. The van der Waals surface area contributed by atoms with Crippen molar-refractivity contribution in [1.29, 1.82) is 0 Å². The van der Waals surface area contributed by atoms with Crippen molar-refractivity contribution < 1.29 is 0 Å². The molecule has 1 N–H and O–H groups in total. The monoisotopic (exact) mass is 305 g/mol. The van der Waals surface area contributed by atoms with E-state index in [4.69, 9.17) is 0 Å². The van der Waals surface area contributed by atoms with Crippen molar-refractivity contribution in [2.45, 2.75) is 50.3 Å². The van der Waals surface area contributed by atoms with E-state index in [9.17, 15) is 0 Å². The van der Waals surface area contributed by atoms with Gasteiger partial charge in [0.2, 0.25) is 5.13 Å². The summed E-state index contributed by atoms with van der Waals surface area (Å²) in [6, 6.07) is 6.79. The molecule has 20 heavy (non-hydrogen) atoms. The molecule has 1 aromatic heterocycles. The van der Waals surface area contributed by atoms with Crippen molar-refractivity contribution in [2.24, 2.45) is 0 Å². The van der Waals surface area contributed by atoms with Gasteiger partial charge in [-0.2, -0.15) is 0 Å². The summed E-state index contributed by atoms with van der Waals surface area (Å²) >= 11 is 3.26. The van der Waals surface area contributed by atoms with Gasteiger partial charge in [-0.25, -0.2) is 0 Å². The minimum absolute atomic E-state index is 0.441. The zero-order valence-electron chi connectivity index (χ0n) is 11.8. The Kier molecular flexibility index (Phi) is 4.27. The fraction of sp³-hybridized carbons (Fsp3) is 0.467. The van der Waals surface area contributed by atoms with E-state index < -0.39 is 0 Å². The second-order valence-electron chi connectivity index (χ2n) is 5.44. The van der Waals surface area contributed by atoms with Crippen LogP contribution in [0.25, 0.3) is 0 Å². The summed E-state index contributed by atoms with van der Waals surface area (Å²) in [4.78, 5) is 1.26. The Morgan fingerprint density at radius 1 is 1.15 bits per heavy atom. The molecule has 106 valence electrons. The molecule has 0 radical (unpaired) electrons. The Bertz CT molecular complexity index is 593. The van der Waals surface area contributed by atoms with Gasteiger partial charge in [0.15, 0.2) is 0 Å². The molecule has 1 heterocycles. The van der Waals surface area contributed by atoms with Gasteiger partial charge in [0.1, 0.15) is 5.01 Å². The Morgan fingerprint density at radius 3 is 2.70 bits per heavy atom. The lowest BCUT2D eigenvalue weighted by molar-refractivity contribution is 0.684. The van der Waals surface area contributed by atoms with Crippen LogP contribution >= 0.6 is 23.3 Å². The molecule has 3 rings (SSSR count). The van der Waals surface area contributed by atoms with Crippen LogP contribution in [-0.4, -0.2) is 10.2 Å². The lowest BCUT2D eigenvalue weighted by atomic mass is 9.92. The summed E-state index contributed by atoms with van der Waals surface area (Å²) in [6.07, 6.45) is 5.12. The highest BCUT2D eigenvalue weighted by atomic mass is 32.2. The maximum absolute atomic E-state index is 4.19. The molecular weight excluding hydrogens is 286 g/mol. The van der Waals surface area contributed by atoms with Crippen LogP contribution in [0.1, 0.15) is 48.7 Å². The molecule has 1 aliphatic carbocycles. The summed E-state index contributed by atoms with van der Waals surface area (Å²) in [5, 5.41) is 10.3. The van der Waals surface area contributed by atoms with E-state index in [1.807, 2.05) is 0 Å². The van der Waals surface area contributed by atoms with Gasteiger partial charge in [-0.1, -0.05) is 31.3 Å². The summed E-state index contributed by atoms with van der Waals surface area (Å²) in [5.41, 5.74) is 3.04. The third kappa shape index (κ3) is 3.15. The maximum Gasteiger partial charge on any atom is 0.215 e. The number of hydrogen-bond donors (Lipinski definition) is 1. The van der Waals surface area contributed by atoms with Crippen molar-refractivity contribution in [3.05, 3.63) is 34.3 Å². The first-order valence-corrected chi connectivity index (χ1v) is 8.74. The number of aromatic nitrogens is 2. The minimum Gasteiger partial charge on any atom is -0.300 e. The molecular formula is C15H19N3S2. The Hall–Kier alpha value is -1.07. The standard InChI is InChI=1S/C15H19N3S2/c1-10(2)14-16-17-15(19-14)18-20-13-8-7-11-5-3-4-6-12(11)9-13/h7-10H,3-6H2,1-2H3,(H,17,18). The first-order chi connectivity index (χ1) is 9.72. The van der Waals surface area contributed by atoms with Crippen LogP contribution < -0.4 is 4.72 Å². The van der Waals surface area contributed by atoms with Crippen LogP contribution in [0, 0.1) is 0 Å². The van der Waals surface area contributed by atoms with Gasteiger partial charge >= 0.3 is 0 Å². The number of benzene rings is 1. The Labute approximate surface area is 128 Å². The SMILES string of the molecule is CC(C)c1nnc(NSc2ccc3c(c2)CCCC3)s1. The van der Waals surface area contributed by atoms with Crippen LogP contribution in [0.5, 0.6) is 0 Å². The number of anilines is 1. The van der Waals surface area contributed by atoms with Gasteiger partial charge in [0.05, 0.1) is 0 Å². The first-order valence-electron chi connectivity index (χ1n) is 7.10. The van der Waals surface area contributed by atoms with E-state index in [1.54, 1.807) is 23.3 Å². The maximum atomic E-state index is 4.19. The molecule has 0 saturated heterocycles. The molecule has 3 nitrogen and oxygen atoms in total. The van der Waals surface area contributed by atoms with Gasteiger partial charge in [0.25, 0.3) is 0 Å². The van der Waals surface area contributed by atoms with Crippen molar-refractivity contribution in [1.82, 2.24) is 10.2 Å². The quantitative estimate of drug-likeness (QED) is 0.834. The lowest BCUT2D eigenvalue weighted by Gasteiger charge is -2.16. The van der Waals surface area contributed by atoms with Crippen molar-refractivity contribution >= 4 is 28.4 Å². The largest absolute Gasteiger partial charge is 0.300 e. The highest BCUT2D eigenvalue weighted by Crippen LogP contribution is 2.29. The van der Waals surface area contributed by atoms with Crippen LogP contribution in [0.2, 0.25) is 0 Å². The predicted octanol–water partition coefficient (Wildman–Crippen LogP) is 4.66. The second-order valence-corrected chi connectivity index (χ2v) is 7.33. The molecule has 0 spiro atoms. The van der Waals surface area contributed by atoms with Gasteiger partial charge in [-0.3, -0.25) is 0 Å². The average Bonchev–Trinajstić information content (AvgIpc) is 2.94.